The van der Waals surface area contributed by atoms with Gasteiger partial charge in [-0.15, -0.1) is 0 Å². The van der Waals surface area contributed by atoms with Crippen LogP contribution >= 0.6 is 0 Å². The first-order valence-electron chi connectivity index (χ1n) is 10.9. The monoisotopic (exact) mass is 374 g/mol. The average Bonchev–Trinajstić information content (AvgIpc) is 2.69. The number of carbonyl (C=O) groups excluding carboxylic acids is 1. The molecule has 0 spiro atoms. The number of nitrogens with two attached hydrogens (primary N) is 1. The van der Waals surface area contributed by atoms with Crippen molar-refractivity contribution in [3.05, 3.63) is 22.9 Å². The fraction of sp³-hybridized carbons (Fsp3) is 0.727. The van der Waals surface area contributed by atoms with Crippen LogP contribution in [0.4, 0.5) is 5.82 Å². The molecule has 1 saturated heterocycles. The number of aromatic nitrogens is 1. The molecule has 2 heterocycles. The Balaban J connectivity index is 2.03. The molecule has 0 unspecified atom stereocenters. The summed E-state index contributed by atoms with van der Waals surface area (Å²) < 4.78 is 0. The second-order valence-corrected chi connectivity index (χ2v) is 7.75. The van der Waals surface area contributed by atoms with Crippen LogP contribution in [0.3, 0.4) is 0 Å². The Morgan fingerprint density at radius 3 is 2.48 bits per heavy atom. The number of likely N-dealkylation sites (tertiary alicyclic amines) is 1. The number of amides is 1. The molecular weight excluding hydrogens is 336 g/mol. The maximum atomic E-state index is 12.0. The van der Waals surface area contributed by atoms with Gasteiger partial charge in [0, 0.05) is 6.54 Å². The molecule has 2 rings (SSSR count). The Morgan fingerprint density at radius 2 is 1.81 bits per heavy atom. The molecule has 0 bridgehead atoms. The van der Waals surface area contributed by atoms with Gasteiger partial charge in [0.05, 0.1) is 0 Å². The molecule has 152 valence electrons. The van der Waals surface area contributed by atoms with Crippen LogP contribution < -0.4 is 11.1 Å². The van der Waals surface area contributed by atoms with Crippen LogP contribution in [-0.4, -0.2) is 42.0 Å². The number of nitrogens with one attached hydrogen (secondary N) is 1. The van der Waals surface area contributed by atoms with E-state index in [-0.39, 0.29) is 0 Å². The Morgan fingerprint density at radius 1 is 1.11 bits per heavy atom. The number of primary amides is 1. The van der Waals surface area contributed by atoms with Crippen LogP contribution in [0.2, 0.25) is 0 Å². The van der Waals surface area contributed by atoms with E-state index in [0.29, 0.717) is 5.69 Å². The largest absolute Gasteiger partial charge is 0.370 e. The summed E-state index contributed by atoms with van der Waals surface area (Å²) in [4.78, 5) is 19.2. The number of hydrogen-bond donors (Lipinski definition) is 2. The number of anilines is 1. The third-order valence-corrected chi connectivity index (χ3v) is 5.44. The normalized spacial score (nSPS) is 15.0. The molecule has 0 aromatic carbocycles. The van der Waals surface area contributed by atoms with Crippen molar-refractivity contribution in [3.63, 3.8) is 0 Å². The molecule has 1 aliphatic heterocycles. The fourth-order valence-electron chi connectivity index (χ4n) is 3.84. The number of carbonyl (C=O) groups is 1. The summed E-state index contributed by atoms with van der Waals surface area (Å²) in [6.07, 6.45) is 11.4. The molecule has 1 aliphatic rings. The first-order valence-corrected chi connectivity index (χ1v) is 10.9. The van der Waals surface area contributed by atoms with Gasteiger partial charge in [-0.3, -0.25) is 4.79 Å². The van der Waals surface area contributed by atoms with Gasteiger partial charge in [0.1, 0.15) is 11.5 Å². The molecule has 5 heteroatoms. The standard InChI is InChI=1S/C22H38N4O/c1-3-5-11-18-17-20(24-13-10-16-26-14-8-7-9-15-26)25-21(22(23)27)19(18)12-6-4-2/h17H,3-16H2,1-2H3,(H2,23,27)(H,24,25). The molecule has 1 aromatic heterocycles. The van der Waals surface area contributed by atoms with Crippen molar-refractivity contribution in [2.45, 2.75) is 78.1 Å². The summed E-state index contributed by atoms with van der Waals surface area (Å²) in [5.74, 6) is 0.393. The van der Waals surface area contributed by atoms with E-state index in [9.17, 15) is 4.79 Å². The number of rotatable bonds is 12. The summed E-state index contributed by atoms with van der Waals surface area (Å²) in [5.41, 5.74) is 8.45. The van der Waals surface area contributed by atoms with E-state index in [4.69, 9.17) is 5.73 Å². The summed E-state index contributed by atoms with van der Waals surface area (Å²) in [6.45, 7) is 8.84. The number of nitrogens with zero attached hydrogens (tertiary/aromatic N) is 2. The van der Waals surface area contributed by atoms with E-state index in [0.717, 1.165) is 69.4 Å². The second-order valence-electron chi connectivity index (χ2n) is 7.75. The molecule has 27 heavy (non-hydrogen) atoms. The van der Waals surface area contributed by atoms with Gasteiger partial charge in [-0.1, -0.05) is 33.1 Å². The number of piperidine rings is 1. The molecule has 0 aliphatic carbocycles. The highest BCUT2D eigenvalue weighted by Crippen LogP contribution is 2.22. The molecular formula is C22H38N4O. The van der Waals surface area contributed by atoms with Gasteiger partial charge in [-0.25, -0.2) is 4.98 Å². The number of pyridine rings is 1. The average molecular weight is 375 g/mol. The second kappa shape index (κ2) is 12.0. The lowest BCUT2D eigenvalue weighted by atomic mass is 9.96. The molecule has 1 amide bonds. The summed E-state index contributed by atoms with van der Waals surface area (Å²) in [5, 5.41) is 3.43. The number of hydrogen-bond acceptors (Lipinski definition) is 4. The highest BCUT2D eigenvalue weighted by Gasteiger charge is 2.16. The van der Waals surface area contributed by atoms with Crippen molar-refractivity contribution in [2.24, 2.45) is 5.73 Å². The summed E-state index contributed by atoms with van der Waals surface area (Å²) in [7, 11) is 0. The fourth-order valence-corrected chi connectivity index (χ4v) is 3.84. The van der Waals surface area contributed by atoms with Crippen LogP contribution in [0.5, 0.6) is 0 Å². The minimum atomic E-state index is -0.407. The van der Waals surface area contributed by atoms with Crippen LogP contribution in [0.1, 0.15) is 86.8 Å². The van der Waals surface area contributed by atoms with Crippen molar-refractivity contribution < 1.29 is 4.79 Å². The quantitative estimate of drug-likeness (QED) is 0.539. The van der Waals surface area contributed by atoms with Gasteiger partial charge in [-0.2, -0.15) is 0 Å². The topological polar surface area (TPSA) is 71.2 Å². The zero-order chi connectivity index (χ0) is 19.5. The first-order chi connectivity index (χ1) is 13.2. The molecule has 3 N–H and O–H groups in total. The highest BCUT2D eigenvalue weighted by molar-refractivity contribution is 5.93. The molecule has 5 nitrogen and oxygen atoms in total. The first kappa shape index (κ1) is 21.7. The SMILES string of the molecule is CCCCc1cc(NCCCN2CCCCC2)nc(C(N)=O)c1CCCC. The van der Waals surface area contributed by atoms with E-state index < -0.39 is 5.91 Å². The van der Waals surface area contributed by atoms with Crippen LogP contribution in [-0.2, 0) is 12.8 Å². The Labute approximate surface area is 165 Å². The maximum absolute atomic E-state index is 12.0. The molecule has 0 saturated carbocycles. The highest BCUT2D eigenvalue weighted by atomic mass is 16.1. The lowest BCUT2D eigenvalue weighted by Crippen LogP contribution is -2.31. The van der Waals surface area contributed by atoms with Crippen LogP contribution in [0.25, 0.3) is 0 Å². The Kier molecular flexibility index (Phi) is 9.60. The van der Waals surface area contributed by atoms with E-state index >= 15 is 0 Å². The van der Waals surface area contributed by atoms with Crippen molar-refractivity contribution in [3.8, 4) is 0 Å². The van der Waals surface area contributed by atoms with Gasteiger partial charge in [0.2, 0.25) is 0 Å². The van der Waals surface area contributed by atoms with Crippen molar-refractivity contribution in [2.75, 3.05) is 31.5 Å². The van der Waals surface area contributed by atoms with Crippen molar-refractivity contribution in [1.82, 2.24) is 9.88 Å². The summed E-state index contributed by atoms with van der Waals surface area (Å²) >= 11 is 0. The summed E-state index contributed by atoms with van der Waals surface area (Å²) in [6, 6.07) is 2.15. The maximum Gasteiger partial charge on any atom is 0.267 e. The molecule has 1 aromatic rings. The number of unbranched alkanes of at least 4 members (excludes halogenated alkanes) is 2. The lowest BCUT2D eigenvalue weighted by Gasteiger charge is -2.26. The van der Waals surface area contributed by atoms with E-state index in [1.807, 2.05) is 0 Å². The lowest BCUT2D eigenvalue weighted by molar-refractivity contribution is 0.0994. The van der Waals surface area contributed by atoms with Gasteiger partial charge in [0.15, 0.2) is 0 Å². The Hall–Kier alpha value is -1.62. The number of aryl methyl sites for hydroxylation is 1. The van der Waals surface area contributed by atoms with Gasteiger partial charge in [0.25, 0.3) is 5.91 Å². The van der Waals surface area contributed by atoms with Crippen LogP contribution in [0.15, 0.2) is 6.07 Å². The molecule has 0 radical (unpaired) electrons. The third kappa shape index (κ3) is 7.13. The van der Waals surface area contributed by atoms with Crippen molar-refractivity contribution in [1.29, 1.82) is 0 Å². The van der Waals surface area contributed by atoms with Gasteiger partial charge in [-0.05, 0) is 81.8 Å². The predicted octanol–water partition coefficient (Wildman–Crippen LogP) is 4.15. The minimum absolute atomic E-state index is 0.407. The molecule has 0 atom stereocenters. The smallest absolute Gasteiger partial charge is 0.267 e. The van der Waals surface area contributed by atoms with E-state index in [2.05, 4.69) is 35.1 Å². The third-order valence-electron chi connectivity index (χ3n) is 5.44. The Bertz CT molecular complexity index is 582. The van der Waals surface area contributed by atoms with E-state index in [1.165, 1.54) is 37.9 Å². The molecule has 1 fully saturated rings. The zero-order valence-electron chi connectivity index (χ0n) is 17.4. The minimum Gasteiger partial charge on any atom is -0.370 e. The predicted molar refractivity (Wildman–Crippen MR) is 113 cm³/mol. The zero-order valence-corrected chi connectivity index (χ0v) is 17.4. The van der Waals surface area contributed by atoms with Gasteiger partial charge >= 0.3 is 0 Å². The van der Waals surface area contributed by atoms with Crippen LogP contribution in [0, 0.1) is 0 Å². The van der Waals surface area contributed by atoms with Gasteiger partial charge < -0.3 is 16.0 Å². The van der Waals surface area contributed by atoms with E-state index in [1.54, 1.807) is 0 Å². The van der Waals surface area contributed by atoms with Crippen molar-refractivity contribution >= 4 is 11.7 Å².